The lowest BCUT2D eigenvalue weighted by Crippen LogP contribution is -2.28. The van der Waals surface area contributed by atoms with Gasteiger partial charge in [0.05, 0.1) is 5.41 Å². The molecule has 1 aliphatic heterocycles. The van der Waals surface area contributed by atoms with Crippen molar-refractivity contribution < 1.29 is 14.3 Å². The Hall–Kier alpha value is -2.49. The second-order valence-corrected chi connectivity index (χ2v) is 8.22. The molecule has 26 heavy (non-hydrogen) atoms. The van der Waals surface area contributed by atoms with Crippen LogP contribution in [-0.2, 0) is 15.6 Å². The van der Waals surface area contributed by atoms with Crippen LogP contribution in [0.3, 0.4) is 0 Å². The van der Waals surface area contributed by atoms with Crippen molar-refractivity contribution >= 4 is 11.6 Å². The fraction of sp³-hybridized carbons (Fsp3) is 0.409. The molecule has 0 unspecified atom stereocenters. The summed E-state index contributed by atoms with van der Waals surface area (Å²) < 4.78 is 11.3. The molecule has 4 rings (SSSR count). The van der Waals surface area contributed by atoms with Gasteiger partial charge in [0, 0.05) is 5.69 Å². The highest BCUT2D eigenvalue weighted by atomic mass is 16.6. The summed E-state index contributed by atoms with van der Waals surface area (Å²) in [5.41, 5.74) is 2.75. The third-order valence-corrected chi connectivity index (χ3v) is 5.29. The number of ether oxygens (including phenoxy) is 2. The predicted molar refractivity (Wildman–Crippen MR) is 102 cm³/mol. The molecule has 4 heteroatoms. The van der Waals surface area contributed by atoms with Crippen molar-refractivity contribution in [1.82, 2.24) is 0 Å². The number of hydrogen-bond acceptors (Lipinski definition) is 3. The number of benzene rings is 2. The smallest absolute Gasteiger partial charge is 0.235 e. The minimum absolute atomic E-state index is 0.0534. The van der Waals surface area contributed by atoms with Crippen LogP contribution >= 0.6 is 0 Å². The maximum Gasteiger partial charge on any atom is 0.235 e. The largest absolute Gasteiger partial charge is 0.486 e. The Morgan fingerprint density at radius 1 is 0.962 bits per heavy atom. The summed E-state index contributed by atoms with van der Waals surface area (Å²) in [5, 5.41) is 3.09. The predicted octanol–water partition coefficient (Wildman–Crippen LogP) is 4.43. The Balaban J connectivity index is 1.53. The van der Waals surface area contributed by atoms with Crippen molar-refractivity contribution in [3.8, 4) is 11.5 Å². The molecule has 0 bridgehead atoms. The molecular formula is C22H25NO3. The summed E-state index contributed by atoms with van der Waals surface area (Å²) in [6.07, 6.45) is 1.72. The molecule has 2 aromatic rings. The molecular weight excluding hydrogens is 326 g/mol. The maximum absolute atomic E-state index is 13.0. The van der Waals surface area contributed by atoms with Crippen LogP contribution in [-0.4, -0.2) is 19.1 Å². The molecule has 0 saturated heterocycles. The average molecular weight is 351 g/mol. The fourth-order valence-electron chi connectivity index (χ4n) is 3.42. The summed E-state index contributed by atoms with van der Waals surface area (Å²) in [4.78, 5) is 13.0. The van der Waals surface area contributed by atoms with E-state index in [-0.39, 0.29) is 11.3 Å². The lowest BCUT2D eigenvalue weighted by atomic mass is 9.87. The molecule has 4 nitrogen and oxygen atoms in total. The van der Waals surface area contributed by atoms with Gasteiger partial charge in [-0.3, -0.25) is 4.79 Å². The highest BCUT2D eigenvalue weighted by molar-refractivity contribution is 6.01. The van der Waals surface area contributed by atoms with Gasteiger partial charge in [-0.05, 0) is 53.6 Å². The summed E-state index contributed by atoms with van der Waals surface area (Å²) in [6, 6.07) is 14.0. The van der Waals surface area contributed by atoms with E-state index in [2.05, 4.69) is 38.2 Å². The summed E-state index contributed by atoms with van der Waals surface area (Å²) in [5.74, 6) is 1.55. The molecule has 1 heterocycles. The van der Waals surface area contributed by atoms with Crippen molar-refractivity contribution in [2.24, 2.45) is 0 Å². The Labute approximate surface area is 154 Å². The first-order chi connectivity index (χ1) is 12.4. The molecule has 1 aliphatic carbocycles. The van der Waals surface area contributed by atoms with Gasteiger partial charge in [0.25, 0.3) is 0 Å². The summed E-state index contributed by atoms with van der Waals surface area (Å²) in [7, 11) is 0. The van der Waals surface area contributed by atoms with Crippen molar-refractivity contribution in [1.29, 1.82) is 0 Å². The van der Waals surface area contributed by atoms with Crippen LogP contribution in [0, 0.1) is 0 Å². The van der Waals surface area contributed by atoms with Gasteiger partial charge >= 0.3 is 0 Å². The van der Waals surface area contributed by atoms with E-state index in [1.165, 1.54) is 5.56 Å². The van der Waals surface area contributed by atoms with Gasteiger partial charge in [-0.2, -0.15) is 0 Å². The first kappa shape index (κ1) is 17.0. The number of hydrogen-bond donors (Lipinski definition) is 1. The van der Waals surface area contributed by atoms with Gasteiger partial charge in [0.2, 0.25) is 5.91 Å². The van der Waals surface area contributed by atoms with Crippen molar-refractivity contribution in [2.45, 2.75) is 44.4 Å². The van der Waals surface area contributed by atoms with E-state index in [1.807, 2.05) is 30.3 Å². The van der Waals surface area contributed by atoms with Gasteiger partial charge in [-0.25, -0.2) is 0 Å². The third kappa shape index (κ3) is 3.05. The summed E-state index contributed by atoms with van der Waals surface area (Å²) in [6.45, 7) is 7.67. The van der Waals surface area contributed by atoms with Crippen LogP contribution in [0.4, 0.5) is 5.69 Å². The van der Waals surface area contributed by atoms with Gasteiger partial charge in [0.15, 0.2) is 11.5 Å². The molecule has 0 atom stereocenters. The van der Waals surface area contributed by atoms with E-state index in [0.29, 0.717) is 13.2 Å². The van der Waals surface area contributed by atoms with E-state index in [9.17, 15) is 4.79 Å². The molecule has 0 spiro atoms. The fourth-order valence-corrected chi connectivity index (χ4v) is 3.42. The molecule has 0 radical (unpaired) electrons. The lowest BCUT2D eigenvalue weighted by Gasteiger charge is -2.22. The molecule has 2 aliphatic rings. The van der Waals surface area contributed by atoms with Crippen LogP contribution in [0.1, 0.15) is 44.7 Å². The second-order valence-electron chi connectivity index (χ2n) is 8.22. The zero-order valence-electron chi connectivity index (χ0n) is 15.6. The van der Waals surface area contributed by atoms with Crippen LogP contribution in [0.25, 0.3) is 0 Å². The Morgan fingerprint density at radius 2 is 1.62 bits per heavy atom. The average Bonchev–Trinajstić information content (AvgIpc) is 3.43. The SMILES string of the molecule is CC(C)(C)c1ccc(NC(=O)C2(c3ccc4c(c3)OCCO4)CC2)cc1. The molecule has 136 valence electrons. The van der Waals surface area contributed by atoms with E-state index < -0.39 is 5.41 Å². The zero-order chi connectivity index (χ0) is 18.4. The standard InChI is InChI=1S/C22H25NO3/c1-21(2,3)15-4-7-17(8-5-15)23-20(24)22(10-11-22)16-6-9-18-19(14-16)26-13-12-25-18/h4-9,14H,10-13H2,1-3H3,(H,23,24). The topological polar surface area (TPSA) is 47.6 Å². The number of fused-ring (bicyclic) bond motifs is 1. The van der Waals surface area contributed by atoms with E-state index >= 15 is 0 Å². The monoisotopic (exact) mass is 351 g/mol. The van der Waals surface area contributed by atoms with Crippen LogP contribution in [0.2, 0.25) is 0 Å². The minimum atomic E-state index is -0.446. The van der Waals surface area contributed by atoms with E-state index in [1.54, 1.807) is 0 Å². The van der Waals surface area contributed by atoms with Crippen LogP contribution in [0.5, 0.6) is 11.5 Å². The lowest BCUT2D eigenvalue weighted by molar-refractivity contribution is -0.118. The van der Waals surface area contributed by atoms with E-state index in [4.69, 9.17) is 9.47 Å². The molecule has 2 aromatic carbocycles. The van der Waals surface area contributed by atoms with E-state index in [0.717, 1.165) is 35.6 Å². The number of anilines is 1. The Bertz CT molecular complexity index is 829. The maximum atomic E-state index is 13.0. The first-order valence-electron chi connectivity index (χ1n) is 9.21. The summed E-state index contributed by atoms with van der Waals surface area (Å²) >= 11 is 0. The van der Waals surface area contributed by atoms with Crippen molar-refractivity contribution in [3.63, 3.8) is 0 Å². The number of rotatable bonds is 3. The van der Waals surface area contributed by atoms with Gasteiger partial charge < -0.3 is 14.8 Å². The van der Waals surface area contributed by atoms with Crippen molar-refractivity contribution in [2.75, 3.05) is 18.5 Å². The normalized spacial score (nSPS) is 17.5. The molecule has 1 amide bonds. The van der Waals surface area contributed by atoms with Gasteiger partial charge in [-0.1, -0.05) is 39.0 Å². The quantitative estimate of drug-likeness (QED) is 0.890. The van der Waals surface area contributed by atoms with Crippen molar-refractivity contribution in [3.05, 3.63) is 53.6 Å². The van der Waals surface area contributed by atoms with Gasteiger partial charge in [-0.15, -0.1) is 0 Å². The minimum Gasteiger partial charge on any atom is -0.486 e. The third-order valence-electron chi connectivity index (χ3n) is 5.29. The Morgan fingerprint density at radius 3 is 2.23 bits per heavy atom. The van der Waals surface area contributed by atoms with Crippen LogP contribution < -0.4 is 14.8 Å². The Kier molecular flexibility index (Phi) is 3.94. The molecule has 1 N–H and O–H groups in total. The number of amides is 1. The number of nitrogens with one attached hydrogen (secondary N) is 1. The van der Waals surface area contributed by atoms with Gasteiger partial charge in [0.1, 0.15) is 13.2 Å². The van der Waals surface area contributed by atoms with Crippen LogP contribution in [0.15, 0.2) is 42.5 Å². The zero-order valence-corrected chi connectivity index (χ0v) is 15.6. The highest BCUT2D eigenvalue weighted by Gasteiger charge is 2.51. The molecule has 1 saturated carbocycles. The molecule has 1 fully saturated rings. The number of carbonyl (C=O) groups excluding carboxylic acids is 1. The highest BCUT2D eigenvalue weighted by Crippen LogP contribution is 2.50. The second kappa shape index (κ2) is 6.04. The number of carbonyl (C=O) groups is 1. The first-order valence-corrected chi connectivity index (χ1v) is 9.21. The molecule has 0 aromatic heterocycles.